The lowest BCUT2D eigenvalue weighted by molar-refractivity contribution is 0.206. The molecule has 0 saturated carbocycles. The highest BCUT2D eigenvalue weighted by Crippen LogP contribution is 2.23. The average Bonchev–Trinajstić information content (AvgIpc) is 3.11. The molecule has 1 aliphatic heterocycles. The molecule has 140 valence electrons. The second-order valence-corrected chi connectivity index (χ2v) is 8.54. The van der Waals surface area contributed by atoms with Gasteiger partial charge in [0.05, 0.1) is 11.0 Å². The summed E-state index contributed by atoms with van der Waals surface area (Å²) in [6.45, 7) is 0.706. The summed E-state index contributed by atoms with van der Waals surface area (Å²) in [5.41, 5.74) is 1.73. The number of nitriles is 1. The third-order valence-corrected chi connectivity index (χ3v) is 6.17. The van der Waals surface area contributed by atoms with Crippen LogP contribution in [0.2, 0.25) is 0 Å². The number of nitrogens with zero attached hydrogens (tertiary/aromatic N) is 2. The summed E-state index contributed by atoms with van der Waals surface area (Å²) in [5, 5.41) is 11.4. The van der Waals surface area contributed by atoms with Gasteiger partial charge in [-0.2, -0.15) is 5.26 Å². The van der Waals surface area contributed by atoms with Gasteiger partial charge in [-0.15, -0.1) is 0 Å². The molecule has 0 spiro atoms. The van der Waals surface area contributed by atoms with Crippen molar-refractivity contribution >= 4 is 21.6 Å². The number of benzene rings is 2. The van der Waals surface area contributed by atoms with E-state index in [4.69, 9.17) is 5.26 Å². The van der Waals surface area contributed by atoms with Crippen molar-refractivity contribution < 1.29 is 13.2 Å². The number of amides is 2. The topological polar surface area (TPSA) is 90.3 Å². The first-order valence-corrected chi connectivity index (χ1v) is 10.5. The van der Waals surface area contributed by atoms with E-state index in [-0.39, 0.29) is 17.0 Å². The zero-order valence-electron chi connectivity index (χ0n) is 14.8. The van der Waals surface area contributed by atoms with Crippen LogP contribution in [0.25, 0.3) is 0 Å². The van der Waals surface area contributed by atoms with Crippen molar-refractivity contribution in [2.75, 3.05) is 17.6 Å². The van der Waals surface area contributed by atoms with E-state index >= 15 is 0 Å². The van der Waals surface area contributed by atoms with E-state index < -0.39 is 15.6 Å². The van der Waals surface area contributed by atoms with E-state index in [9.17, 15) is 13.2 Å². The van der Waals surface area contributed by atoms with Gasteiger partial charge in [0.15, 0.2) is 9.84 Å². The Morgan fingerprint density at radius 1 is 1.15 bits per heavy atom. The van der Waals surface area contributed by atoms with E-state index in [0.29, 0.717) is 12.2 Å². The van der Waals surface area contributed by atoms with Crippen molar-refractivity contribution in [3.05, 3.63) is 60.2 Å². The Morgan fingerprint density at radius 2 is 1.85 bits per heavy atom. The molecule has 0 bridgehead atoms. The number of urea groups is 1. The number of hydrogen-bond acceptors (Lipinski definition) is 4. The van der Waals surface area contributed by atoms with Gasteiger partial charge in [0.25, 0.3) is 0 Å². The van der Waals surface area contributed by atoms with Gasteiger partial charge in [-0.1, -0.05) is 30.3 Å². The monoisotopic (exact) mass is 383 g/mol. The highest BCUT2D eigenvalue weighted by molar-refractivity contribution is 7.91. The van der Waals surface area contributed by atoms with Crippen LogP contribution in [-0.4, -0.2) is 37.7 Å². The lowest BCUT2D eigenvalue weighted by atomic mass is 10.0. The summed E-state index contributed by atoms with van der Waals surface area (Å²) in [4.78, 5) is 14.6. The summed E-state index contributed by atoms with van der Waals surface area (Å²) in [6, 6.07) is 17.6. The Hall–Kier alpha value is -2.85. The van der Waals surface area contributed by atoms with Gasteiger partial charge in [-0.25, -0.2) is 13.2 Å². The number of anilines is 1. The van der Waals surface area contributed by atoms with E-state index in [1.165, 1.54) is 17.7 Å². The third-order valence-electron chi connectivity index (χ3n) is 4.67. The van der Waals surface area contributed by atoms with Crippen LogP contribution < -0.4 is 5.32 Å². The second-order valence-electron chi connectivity index (χ2n) is 6.55. The van der Waals surface area contributed by atoms with Crippen molar-refractivity contribution in [1.82, 2.24) is 4.90 Å². The number of rotatable bonds is 5. The van der Waals surface area contributed by atoms with E-state index in [1.807, 2.05) is 23.1 Å². The van der Waals surface area contributed by atoms with Gasteiger partial charge in [0.2, 0.25) is 0 Å². The fourth-order valence-corrected chi connectivity index (χ4v) is 4.20. The number of carbonyl (C=O) groups is 1. The molecule has 0 aromatic heterocycles. The van der Waals surface area contributed by atoms with Crippen molar-refractivity contribution in [2.24, 2.45) is 0 Å². The molecular formula is C20H21N3O3S. The number of nitrogens with one attached hydrogen (secondary N) is 1. The van der Waals surface area contributed by atoms with E-state index in [1.54, 1.807) is 18.2 Å². The van der Waals surface area contributed by atoms with Gasteiger partial charge >= 0.3 is 6.03 Å². The number of likely N-dealkylation sites (tertiary alicyclic amines) is 1. The first kappa shape index (κ1) is 18.9. The molecule has 1 atom stereocenters. The fourth-order valence-electron chi connectivity index (χ4n) is 3.31. The molecule has 1 fully saturated rings. The summed E-state index contributed by atoms with van der Waals surface area (Å²) in [5.74, 6) is -0.562. The maximum Gasteiger partial charge on any atom is 0.322 e. The van der Waals surface area contributed by atoms with Crippen LogP contribution in [0.15, 0.2) is 59.5 Å². The molecule has 0 unspecified atom stereocenters. The smallest absolute Gasteiger partial charge is 0.321 e. The van der Waals surface area contributed by atoms with Crippen molar-refractivity contribution in [3.8, 4) is 6.07 Å². The molecule has 6 nitrogen and oxygen atoms in total. The molecule has 2 amide bonds. The van der Waals surface area contributed by atoms with Crippen molar-refractivity contribution in [2.45, 2.75) is 30.2 Å². The normalized spacial score (nSPS) is 16.7. The minimum Gasteiger partial charge on any atom is -0.321 e. The number of sulfone groups is 1. The molecule has 1 N–H and O–H groups in total. The van der Waals surface area contributed by atoms with Crippen LogP contribution in [0.3, 0.4) is 0 Å². The zero-order valence-corrected chi connectivity index (χ0v) is 15.7. The molecule has 1 saturated heterocycles. The van der Waals surface area contributed by atoms with Crippen LogP contribution in [-0.2, 0) is 16.3 Å². The van der Waals surface area contributed by atoms with Gasteiger partial charge in [0, 0.05) is 18.3 Å². The second kappa shape index (κ2) is 8.23. The van der Waals surface area contributed by atoms with E-state index in [0.717, 1.165) is 19.3 Å². The predicted molar refractivity (Wildman–Crippen MR) is 103 cm³/mol. The highest BCUT2D eigenvalue weighted by Gasteiger charge is 2.28. The molecule has 1 aliphatic rings. The lowest BCUT2D eigenvalue weighted by Crippen LogP contribution is -2.39. The maximum absolute atomic E-state index is 12.7. The molecule has 27 heavy (non-hydrogen) atoms. The van der Waals surface area contributed by atoms with Crippen molar-refractivity contribution in [1.29, 1.82) is 5.26 Å². The Bertz CT molecular complexity index is 935. The molecule has 0 radical (unpaired) electrons. The summed E-state index contributed by atoms with van der Waals surface area (Å²) >= 11 is 0. The maximum atomic E-state index is 12.7. The van der Waals surface area contributed by atoms with Crippen LogP contribution in [0, 0.1) is 11.3 Å². The largest absolute Gasteiger partial charge is 0.322 e. The molecular weight excluding hydrogens is 362 g/mol. The zero-order chi connectivity index (χ0) is 19.3. The van der Waals surface area contributed by atoms with Gasteiger partial charge in [0.1, 0.15) is 5.75 Å². The fraction of sp³-hybridized carbons (Fsp3) is 0.300. The number of hydrogen-bond donors (Lipinski definition) is 1. The van der Waals surface area contributed by atoms with Gasteiger partial charge in [-0.05, 0) is 49.1 Å². The Kier molecular flexibility index (Phi) is 5.77. The minimum absolute atomic E-state index is 0.0742. The first-order valence-electron chi connectivity index (χ1n) is 8.81. The average molecular weight is 383 g/mol. The molecule has 0 aliphatic carbocycles. The summed E-state index contributed by atoms with van der Waals surface area (Å²) < 4.78 is 23.7. The molecule has 7 heteroatoms. The Labute approximate surface area is 159 Å². The standard InChI is InChI=1S/C20H21N3O3S/c21-12-14-27(25,26)19-10-8-17(9-11-19)22-20(24)23-13-4-7-18(23)15-16-5-2-1-3-6-16/h1-3,5-6,8-11,18H,4,7,13-15H2,(H,22,24)/t18-/m1/s1. The quantitative estimate of drug-likeness (QED) is 0.858. The summed E-state index contributed by atoms with van der Waals surface area (Å²) in [6.07, 6.45) is 2.75. The molecule has 1 heterocycles. The lowest BCUT2D eigenvalue weighted by Gasteiger charge is -2.25. The molecule has 2 aromatic carbocycles. The summed E-state index contributed by atoms with van der Waals surface area (Å²) in [7, 11) is -3.60. The molecule has 2 aromatic rings. The minimum atomic E-state index is -3.60. The Morgan fingerprint density at radius 3 is 2.52 bits per heavy atom. The van der Waals surface area contributed by atoms with Crippen molar-refractivity contribution in [3.63, 3.8) is 0 Å². The van der Waals surface area contributed by atoms with Crippen LogP contribution in [0.1, 0.15) is 18.4 Å². The third kappa shape index (κ3) is 4.66. The molecule has 3 rings (SSSR count). The van der Waals surface area contributed by atoms with E-state index in [2.05, 4.69) is 17.4 Å². The highest BCUT2D eigenvalue weighted by atomic mass is 32.2. The van der Waals surface area contributed by atoms with Crippen LogP contribution in [0.4, 0.5) is 10.5 Å². The SMILES string of the molecule is N#CCS(=O)(=O)c1ccc(NC(=O)N2CCC[C@@H]2Cc2ccccc2)cc1. The van der Waals surface area contributed by atoms with Crippen LogP contribution >= 0.6 is 0 Å². The van der Waals surface area contributed by atoms with Gasteiger partial charge in [-0.3, -0.25) is 0 Å². The predicted octanol–water partition coefficient (Wildman–Crippen LogP) is 3.22. The van der Waals surface area contributed by atoms with Crippen LogP contribution in [0.5, 0.6) is 0 Å². The van der Waals surface area contributed by atoms with Gasteiger partial charge < -0.3 is 10.2 Å². The Balaban J connectivity index is 1.65. The number of carbonyl (C=O) groups excluding carboxylic acids is 1. The first-order chi connectivity index (χ1) is 13.0.